The van der Waals surface area contributed by atoms with Crippen LogP contribution in [-0.4, -0.2) is 18.7 Å². The molecule has 0 aliphatic heterocycles. The molecule has 0 saturated carbocycles. The van der Waals surface area contributed by atoms with Crippen LogP contribution in [0.2, 0.25) is 0 Å². The van der Waals surface area contributed by atoms with Gasteiger partial charge in [0, 0.05) is 21.1 Å². The Kier molecular flexibility index (Phi) is 3.32. The second-order valence-electron chi connectivity index (χ2n) is 3.39. The average molecular weight is 234 g/mol. The van der Waals surface area contributed by atoms with E-state index in [-0.39, 0.29) is 42.1 Å². The van der Waals surface area contributed by atoms with E-state index in [1.807, 2.05) is 0 Å². The Bertz CT molecular complexity index is 723. The molecule has 0 bridgehead atoms. The summed E-state index contributed by atoms with van der Waals surface area (Å²) >= 11 is 0. The Hall–Kier alpha value is -1.05. The fourth-order valence-corrected chi connectivity index (χ4v) is 1.56. The Labute approximate surface area is 113 Å². The molecule has 0 unspecified atom stereocenters. The quantitative estimate of drug-likeness (QED) is 0.465. The predicted octanol–water partition coefficient (Wildman–Crippen LogP) is -4.62. The van der Waals surface area contributed by atoms with E-state index >= 15 is 0 Å². The van der Waals surface area contributed by atoms with Crippen LogP contribution in [0, 0.1) is 0 Å². The maximum atomic E-state index is 11.7. The Balaban J connectivity index is 0.00000128. The Morgan fingerprint density at radius 1 is 1.00 bits per heavy atom. The number of hydrogen-bond acceptors (Lipinski definition) is 3. The second-order valence-corrected chi connectivity index (χ2v) is 3.39. The van der Waals surface area contributed by atoms with Crippen molar-refractivity contribution in [3.63, 3.8) is 0 Å². The van der Waals surface area contributed by atoms with Gasteiger partial charge in [-0.2, -0.15) is 0 Å². The summed E-state index contributed by atoms with van der Waals surface area (Å²) in [4.78, 5) is 37.0. The summed E-state index contributed by atoms with van der Waals surface area (Å²) in [5, 5.41) is 0. The van der Waals surface area contributed by atoms with E-state index < -0.39 is 16.9 Å². The molecular weight excluding hydrogens is 223 g/mol. The van der Waals surface area contributed by atoms with Gasteiger partial charge >= 0.3 is 40.9 Å². The van der Waals surface area contributed by atoms with Gasteiger partial charge in [0.1, 0.15) is 5.65 Å². The summed E-state index contributed by atoms with van der Waals surface area (Å²) in [5.74, 6) is 0. The monoisotopic (exact) mass is 234 g/mol. The topological polar surface area (TPSA) is 81.8 Å². The molecule has 0 amide bonds. The minimum Gasteiger partial charge on any atom is -1.00 e. The molecule has 2 rings (SSSR count). The summed E-state index contributed by atoms with van der Waals surface area (Å²) in [6.07, 6.45) is 0. The van der Waals surface area contributed by atoms with Gasteiger partial charge in [0.2, 0.25) is 0 Å². The summed E-state index contributed by atoms with van der Waals surface area (Å²) < 4.78 is 3.39. The fraction of sp³-hybridized carbons (Fsp3) is 0.375. The molecule has 7 nitrogen and oxygen atoms in total. The number of H-pyrrole nitrogens is 1. The van der Waals surface area contributed by atoms with Crippen molar-refractivity contribution >= 4 is 11.2 Å². The van der Waals surface area contributed by atoms with E-state index in [9.17, 15) is 14.4 Å². The van der Waals surface area contributed by atoms with Crippen molar-refractivity contribution in [1.82, 2.24) is 18.7 Å². The van der Waals surface area contributed by atoms with E-state index in [1.54, 1.807) is 0 Å². The summed E-state index contributed by atoms with van der Waals surface area (Å²) in [6.45, 7) is 0. The number of imidazole rings is 1. The van der Waals surface area contributed by atoms with E-state index in [1.165, 1.54) is 30.3 Å². The number of aromatic nitrogens is 4. The summed E-state index contributed by atoms with van der Waals surface area (Å²) in [6, 6.07) is 0. The molecule has 0 aliphatic rings. The first-order valence-electron chi connectivity index (χ1n) is 4.30. The van der Waals surface area contributed by atoms with Gasteiger partial charge in [-0.25, -0.2) is 9.59 Å². The van der Waals surface area contributed by atoms with Crippen LogP contribution in [0.3, 0.4) is 0 Å². The van der Waals surface area contributed by atoms with E-state index in [4.69, 9.17) is 0 Å². The summed E-state index contributed by atoms with van der Waals surface area (Å²) in [7, 11) is 4.36. The zero-order chi connectivity index (χ0) is 11.3. The molecule has 2 aromatic rings. The first-order valence-corrected chi connectivity index (χ1v) is 4.30. The van der Waals surface area contributed by atoms with E-state index in [0.29, 0.717) is 0 Å². The van der Waals surface area contributed by atoms with Crippen molar-refractivity contribution in [3.8, 4) is 0 Å². The first kappa shape index (κ1) is 13.0. The molecule has 0 aromatic carbocycles. The molecule has 0 fully saturated rings. The number of aryl methyl sites for hydroxylation is 2. The number of fused-ring (bicyclic) bond motifs is 1. The minimum atomic E-state index is -0.478. The molecule has 2 heterocycles. The smallest absolute Gasteiger partial charge is 1.00 e. The standard InChI is InChI=1S/C8H10N4O3.Na.H/c1-10-4-5(9-7(10)14)11(2)8(15)12(3)6(4)13;;/h1-3H3,(H,9,14);;/q;+1;-1. The zero-order valence-electron chi connectivity index (χ0n) is 10.6. The number of hydrogen-bond donors (Lipinski definition) is 1. The zero-order valence-corrected chi connectivity index (χ0v) is 11.6. The SMILES string of the molecule is Cn1c(=O)c2c([nH]c(=O)n2C)n(C)c1=O.[H-].[Na+]. The Morgan fingerprint density at radius 2 is 1.56 bits per heavy atom. The van der Waals surface area contributed by atoms with Crippen molar-refractivity contribution in [2.45, 2.75) is 0 Å². The molecule has 0 atom stereocenters. The number of nitrogens with zero attached hydrogens (tertiary/aromatic N) is 3. The molecule has 0 saturated heterocycles. The van der Waals surface area contributed by atoms with Crippen molar-refractivity contribution in [2.24, 2.45) is 21.1 Å². The van der Waals surface area contributed by atoms with E-state index in [2.05, 4.69) is 4.98 Å². The molecule has 1 N–H and O–H groups in total. The molecule has 2 aromatic heterocycles. The van der Waals surface area contributed by atoms with Gasteiger partial charge in [0.05, 0.1) is 0 Å². The number of nitrogens with one attached hydrogen (secondary N) is 1. The van der Waals surface area contributed by atoms with Crippen LogP contribution in [0.25, 0.3) is 11.2 Å². The fourth-order valence-electron chi connectivity index (χ4n) is 1.56. The maximum Gasteiger partial charge on any atom is 1.00 e. The third-order valence-corrected chi connectivity index (χ3v) is 2.51. The molecular formula is C8H11N4NaO3. The molecule has 8 heteroatoms. The van der Waals surface area contributed by atoms with Gasteiger partial charge in [0.15, 0.2) is 5.52 Å². The molecule has 0 radical (unpaired) electrons. The molecule has 0 spiro atoms. The van der Waals surface area contributed by atoms with Crippen molar-refractivity contribution in [2.75, 3.05) is 0 Å². The normalized spacial score (nSPS) is 10.4. The van der Waals surface area contributed by atoms with Crippen molar-refractivity contribution < 1.29 is 31.0 Å². The van der Waals surface area contributed by atoms with Crippen LogP contribution in [0.4, 0.5) is 0 Å². The second kappa shape index (κ2) is 4.08. The van der Waals surface area contributed by atoms with E-state index in [0.717, 1.165) is 4.57 Å². The Morgan fingerprint density at radius 3 is 2.12 bits per heavy atom. The van der Waals surface area contributed by atoms with Crippen LogP contribution >= 0.6 is 0 Å². The average Bonchev–Trinajstić information content (AvgIpc) is 2.50. The van der Waals surface area contributed by atoms with Gasteiger partial charge in [-0.15, -0.1) is 0 Å². The van der Waals surface area contributed by atoms with Gasteiger partial charge < -0.3 is 1.43 Å². The van der Waals surface area contributed by atoms with Gasteiger partial charge in [-0.05, 0) is 0 Å². The van der Waals surface area contributed by atoms with Crippen LogP contribution in [-0.2, 0) is 21.1 Å². The molecule has 16 heavy (non-hydrogen) atoms. The van der Waals surface area contributed by atoms with Crippen LogP contribution in [0.15, 0.2) is 14.4 Å². The number of rotatable bonds is 0. The van der Waals surface area contributed by atoms with Crippen LogP contribution in [0.1, 0.15) is 1.43 Å². The minimum absolute atomic E-state index is 0. The first-order chi connectivity index (χ1) is 6.95. The molecule has 0 aliphatic carbocycles. The van der Waals surface area contributed by atoms with Crippen LogP contribution in [0.5, 0.6) is 0 Å². The van der Waals surface area contributed by atoms with Crippen molar-refractivity contribution in [3.05, 3.63) is 31.3 Å². The van der Waals surface area contributed by atoms with Gasteiger partial charge in [-0.1, -0.05) is 0 Å². The van der Waals surface area contributed by atoms with Gasteiger partial charge in [0.25, 0.3) is 5.56 Å². The molecule has 82 valence electrons. The predicted molar refractivity (Wildman–Crippen MR) is 55.1 cm³/mol. The van der Waals surface area contributed by atoms with Crippen LogP contribution < -0.4 is 46.5 Å². The number of aromatic amines is 1. The maximum absolute atomic E-state index is 11.7. The summed E-state index contributed by atoms with van der Waals surface area (Å²) in [5.41, 5.74) is -0.910. The van der Waals surface area contributed by atoms with Gasteiger partial charge in [-0.3, -0.25) is 23.5 Å². The largest absolute Gasteiger partial charge is 1.00 e. The third kappa shape index (κ3) is 1.51. The third-order valence-electron chi connectivity index (χ3n) is 2.51. The van der Waals surface area contributed by atoms with Crippen molar-refractivity contribution in [1.29, 1.82) is 0 Å².